The second-order valence-corrected chi connectivity index (χ2v) is 8.17. The Labute approximate surface area is 204 Å². The highest BCUT2D eigenvalue weighted by Gasteiger charge is 2.38. The number of aromatic hydroxyl groups is 1. The van der Waals surface area contributed by atoms with Crippen LogP contribution in [0.4, 0.5) is 0 Å². The van der Waals surface area contributed by atoms with Gasteiger partial charge in [0.2, 0.25) is 0 Å². The molecule has 2 fully saturated rings. The Morgan fingerprint density at radius 1 is 1.16 bits per heavy atom. The van der Waals surface area contributed by atoms with Crippen LogP contribution in [0.5, 0.6) is 11.5 Å². The zero-order chi connectivity index (χ0) is 21.2. The predicted octanol–water partition coefficient (Wildman–Crippen LogP) is 3.50. The van der Waals surface area contributed by atoms with Gasteiger partial charge in [-0.05, 0) is 44.4 Å². The van der Waals surface area contributed by atoms with Crippen molar-refractivity contribution in [3.63, 3.8) is 0 Å². The van der Waals surface area contributed by atoms with E-state index in [0.29, 0.717) is 18.9 Å². The molecule has 1 aromatic rings. The van der Waals surface area contributed by atoms with Crippen molar-refractivity contribution in [2.75, 3.05) is 46.0 Å². The van der Waals surface area contributed by atoms with Gasteiger partial charge in [-0.2, -0.15) is 0 Å². The molecule has 1 heterocycles. The van der Waals surface area contributed by atoms with E-state index in [2.05, 4.69) is 22.5 Å². The fourth-order valence-electron chi connectivity index (χ4n) is 4.54. The first-order chi connectivity index (χ1) is 14.7. The van der Waals surface area contributed by atoms with Crippen LogP contribution < -0.4 is 15.4 Å². The number of nitrogens with zero attached hydrogens (tertiary/aromatic N) is 2. The Bertz CT molecular complexity index is 689. The van der Waals surface area contributed by atoms with E-state index in [4.69, 9.17) is 14.5 Å². The SMILES string of the molecule is CCNC(=NCc1ccc(O)c(OCC)c1)NCC1(N2CCOCC2)CCCCC1.I. The molecular weight excluding hydrogens is 507 g/mol. The van der Waals surface area contributed by atoms with Crippen molar-refractivity contribution in [3.05, 3.63) is 23.8 Å². The van der Waals surface area contributed by atoms with Crippen LogP contribution in [0.1, 0.15) is 51.5 Å². The number of halogens is 1. The van der Waals surface area contributed by atoms with Gasteiger partial charge in [-0.15, -0.1) is 24.0 Å². The lowest BCUT2D eigenvalue weighted by Gasteiger charge is -2.48. The molecule has 3 N–H and O–H groups in total. The minimum absolute atomic E-state index is 0. The lowest BCUT2D eigenvalue weighted by molar-refractivity contribution is -0.0352. The third kappa shape index (κ3) is 7.39. The van der Waals surface area contributed by atoms with Gasteiger partial charge in [0.1, 0.15) is 0 Å². The van der Waals surface area contributed by atoms with Crippen molar-refractivity contribution in [3.8, 4) is 11.5 Å². The number of phenols is 1. The number of hydrogen-bond donors (Lipinski definition) is 3. The third-order valence-electron chi connectivity index (χ3n) is 6.14. The maximum absolute atomic E-state index is 9.91. The summed E-state index contributed by atoms with van der Waals surface area (Å²) in [5, 5.41) is 16.9. The first-order valence-corrected chi connectivity index (χ1v) is 11.5. The lowest BCUT2D eigenvalue weighted by Crippen LogP contribution is -2.60. The molecule has 0 amide bonds. The summed E-state index contributed by atoms with van der Waals surface area (Å²) >= 11 is 0. The summed E-state index contributed by atoms with van der Waals surface area (Å²) in [6.45, 7) is 10.5. The number of nitrogens with one attached hydrogen (secondary N) is 2. The summed E-state index contributed by atoms with van der Waals surface area (Å²) in [7, 11) is 0. The molecule has 2 aliphatic rings. The maximum Gasteiger partial charge on any atom is 0.191 e. The molecule has 31 heavy (non-hydrogen) atoms. The van der Waals surface area contributed by atoms with E-state index in [9.17, 15) is 5.11 Å². The standard InChI is InChI=1S/C23H38N4O3.HI/c1-3-24-22(25-17-19-8-9-20(28)21(16-19)30-4-2)26-18-23(10-6-5-7-11-23)27-12-14-29-15-13-27;/h8-9,16,28H,3-7,10-15,17-18H2,1-2H3,(H2,24,25,26);1H. The molecule has 1 aromatic carbocycles. The first-order valence-electron chi connectivity index (χ1n) is 11.5. The molecule has 0 spiro atoms. The molecule has 1 saturated carbocycles. The Balaban J connectivity index is 0.00000341. The molecule has 1 saturated heterocycles. The summed E-state index contributed by atoms with van der Waals surface area (Å²) in [6, 6.07) is 5.43. The molecule has 0 bridgehead atoms. The van der Waals surface area contributed by atoms with Crippen molar-refractivity contribution >= 4 is 29.9 Å². The van der Waals surface area contributed by atoms with Gasteiger partial charge in [0, 0.05) is 31.7 Å². The van der Waals surface area contributed by atoms with E-state index in [0.717, 1.165) is 50.9 Å². The Hall–Kier alpha value is -1.26. The van der Waals surface area contributed by atoms with Crippen LogP contribution in [0.25, 0.3) is 0 Å². The van der Waals surface area contributed by atoms with E-state index >= 15 is 0 Å². The zero-order valence-electron chi connectivity index (χ0n) is 19.0. The van der Waals surface area contributed by atoms with Gasteiger partial charge in [-0.25, -0.2) is 4.99 Å². The van der Waals surface area contributed by atoms with E-state index in [-0.39, 0.29) is 35.3 Å². The first kappa shape index (κ1) is 26.0. The number of rotatable bonds is 8. The molecule has 1 aliphatic carbocycles. The number of phenolic OH excluding ortho intramolecular Hbond substituents is 1. The number of benzene rings is 1. The number of morpholine rings is 1. The highest BCUT2D eigenvalue weighted by Crippen LogP contribution is 2.34. The van der Waals surface area contributed by atoms with Gasteiger partial charge >= 0.3 is 0 Å². The van der Waals surface area contributed by atoms with Crippen LogP contribution >= 0.6 is 24.0 Å². The van der Waals surface area contributed by atoms with Gasteiger partial charge in [-0.3, -0.25) is 4.90 Å². The quantitative estimate of drug-likeness (QED) is 0.263. The molecule has 0 aromatic heterocycles. The van der Waals surface area contributed by atoms with Crippen molar-refractivity contribution in [1.29, 1.82) is 0 Å². The summed E-state index contributed by atoms with van der Waals surface area (Å²) in [5.74, 6) is 1.51. The van der Waals surface area contributed by atoms with Crippen LogP contribution in [0.3, 0.4) is 0 Å². The van der Waals surface area contributed by atoms with Crippen molar-refractivity contribution in [1.82, 2.24) is 15.5 Å². The maximum atomic E-state index is 9.91. The molecule has 0 radical (unpaired) electrons. The van der Waals surface area contributed by atoms with Crippen LogP contribution in [0, 0.1) is 0 Å². The molecule has 1 aliphatic heterocycles. The van der Waals surface area contributed by atoms with Crippen molar-refractivity contribution < 1.29 is 14.6 Å². The van der Waals surface area contributed by atoms with Gasteiger partial charge in [0.05, 0.1) is 26.4 Å². The number of ether oxygens (including phenoxy) is 2. The van der Waals surface area contributed by atoms with E-state index < -0.39 is 0 Å². The number of hydrogen-bond acceptors (Lipinski definition) is 5. The molecule has 0 unspecified atom stereocenters. The summed E-state index contributed by atoms with van der Waals surface area (Å²) in [6.07, 6.45) is 6.38. The molecule has 0 atom stereocenters. The average Bonchev–Trinajstić information content (AvgIpc) is 2.79. The fraction of sp³-hybridized carbons (Fsp3) is 0.696. The second kappa shape index (κ2) is 13.3. The van der Waals surface area contributed by atoms with E-state index in [1.165, 1.54) is 32.1 Å². The average molecular weight is 546 g/mol. The lowest BCUT2D eigenvalue weighted by atomic mass is 9.80. The Kier molecular flexibility index (Phi) is 11.2. The number of guanidine groups is 1. The molecular formula is C23H39IN4O3. The van der Waals surface area contributed by atoms with Crippen molar-refractivity contribution in [2.45, 2.75) is 58.0 Å². The minimum Gasteiger partial charge on any atom is -0.504 e. The third-order valence-corrected chi connectivity index (χ3v) is 6.14. The summed E-state index contributed by atoms with van der Waals surface area (Å²) < 4.78 is 11.1. The topological polar surface area (TPSA) is 78.4 Å². The van der Waals surface area contributed by atoms with Crippen LogP contribution in [-0.2, 0) is 11.3 Å². The van der Waals surface area contributed by atoms with Crippen LogP contribution in [0.15, 0.2) is 23.2 Å². The van der Waals surface area contributed by atoms with Crippen LogP contribution in [0.2, 0.25) is 0 Å². The normalized spacial score (nSPS) is 19.4. The molecule has 176 valence electrons. The van der Waals surface area contributed by atoms with Gasteiger partial charge < -0.3 is 25.2 Å². The Morgan fingerprint density at radius 3 is 2.58 bits per heavy atom. The monoisotopic (exact) mass is 546 g/mol. The highest BCUT2D eigenvalue weighted by atomic mass is 127. The van der Waals surface area contributed by atoms with Gasteiger partial charge in [-0.1, -0.05) is 25.3 Å². The highest BCUT2D eigenvalue weighted by molar-refractivity contribution is 14.0. The van der Waals surface area contributed by atoms with Gasteiger partial charge in [0.25, 0.3) is 0 Å². The smallest absolute Gasteiger partial charge is 0.191 e. The van der Waals surface area contributed by atoms with E-state index in [1.54, 1.807) is 6.07 Å². The fourth-order valence-corrected chi connectivity index (χ4v) is 4.54. The van der Waals surface area contributed by atoms with E-state index in [1.807, 2.05) is 19.1 Å². The predicted molar refractivity (Wildman–Crippen MR) is 136 cm³/mol. The van der Waals surface area contributed by atoms with Crippen molar-refractivity contribution in [2.24, 2.45) is 4.99 Å². The second-order valence-electron chi connectivity index (χ2n) is 8.17. The number of aliphatic imine (C=N–C) groups is 1. The zero-order valence-corrected chi connectivity index (χ0v) is 21.3. The molecule has 7 nitrogen and oxygen atoms in total. The van der Waals surface area contributed by atoms with Crippen LogP contribution in [-0.4, -0.2) is 67.5 Å². The summed E-state index contributed by atoms with van der Waals surface area (Å²) in [4.78, 5) is 7.43. The summed E-state index contributed by atoms with van der Waals surface area (Å²) in [5.41, 5.74) is 1.20. The Morgan fingerprint density at radius 2 is 1.90 bits per heavy atom. The minimum atomic E-state index is 0. The molecule has 3 rings (SSSR count). The largest absolute Gasteiger partial charge is 0.504 e. The molecule has 8 heteroatoms. The van der Waals surface area contributed by atoms with Gasteiger partial charge in [0.15, 0.2) is 17.5 Å².